The molecule has 1 aliphatic heterocycles. The first-order chi connectivity index (χ1) is 13.9. The number of rotatable bonds is 5. The molecule has 7 nitrogen and oxygen atoms in total. The zero-order valence-electron chi connectivity index (χ0n) is 15.6. The van der Waals surface area contributed by atoms with E-state index in [1.807, 2.05) is 37.3 Å². The van der Waals surface area contributed by atoms with Gasteiger partial charge in [-0.05, 0) is 42.8 Å². The molecule has 1 aromatic carbocycles. The fourth-order valence-corrected chi connectivity index (χ4v) is 3.55. The number of pyridine rings is 1. The van der Waals surface area contributed by atoms with E-state index in [-0.39, 0.29) is 23.9 Å². The third-order valence-electron chi connectivity index (χ3n) is 4.72. The number of aryl methyl sites for hydroxylation is 1. The average molecular weight is 412 g/mol. The second-order valence-electron chi connectivity index (χ2n) is 6.84. The molecule has 1 unspecified atom stereocenters. The van der Waals surface area contributed by atoms with Gasteiger partial charge in [0.05, 0.1) is 23.9 Å². The number of hydrogen-bond acceptors (Lipinski definition) is 5. The van der Waals surface area contributed by atoms with Crippen molar-refractivity contribution in [3.8, 4) is 0 Å². The molecule has 0 saturated heterocycles. The monoisotopic (exact) mass is 411 g/mol. The lowest BCUT2D eigenvalue weighted by Crippen LogP contribution is -2.39. The third kappa shape index (κ3) is 3.82. The van der Waals surface area contributed by atoms with Crippen LogP contribution in [0.3, 0.4) is 0 Å². The number of furan rings is 1. The molecule has 3 aromatic rings. The van der Waals surface area contributed by atoms with Crippen molar-refractivity contribution in [2.75, 3.05) is 0 Å². The molecule has 0 spiro atoms. The van der Waals surface area contributed by atoms with Crippen LogP contribution in [-0.4, -0.2) is 27.0 Å². The number of carbonyl (C=O) groups is 2. The van der Waals surface area contributed by atoms with Crippen molar-refractivity contribution in [1.29, 1.82) is 0 Å². The Morgan fingerprint density at radius 1 is 1.28 bits per heavy atom. The number of aliphatic carboxylic acids is 1. The van der Waals surface area contributed by atoms with Crippen molar-refractivity contribution in [2.24, 2.45) is 0 Å². The van der Waals surface area contributed by atoms with E-state index in [1.165, 1.54) is 11.3 Å². The quantitative estimate of drug-likeness (QED) is 0.614. The van der Waals surface area contributed by atoms with E-state index in [9.17, 15) is 9.59 Å². The van der Waals surface area contributed by atoms with E-state index >= 15 is 0 Å². The Labute approximate surface area is 171 Å². The smallest absolute Gasteiger partial charge is 0.303 e. The number of carbonyl (C=O) groups excluding carboxylic acids is 1. The Kier molecular flexibility index (Phi) is 4.98. The number of halogens is 1. The van der Waals surface area contributed by atoms with Crippen LogP contribution in [0.2, 0.25) is 5.15 Å². The third-order valence-corrected chi connectivity index (χ3v) is 5.03. The lowest BCUT2D eigenvalue weighted by atomic mass is 10.0. The van der Waals surface area contributed by atoms with Gasteiger partial charge in [0.2, 0.25) is 5.91 Å². The van der Waals surface area contributed by atoms with Gasteiger partial charge in [0.15, 0.2) is 5.76 Å². The summed E-state index contributed by atoms with van der Waals surface area (Å²) >= 11 is 6.48. The number of fused-ring (bicyclic) bond motifs is 1. The summed E-state index contributed by atoms with van der Waals surface area (Å²) in [5.41, 5.74) is 6.10. The minimum atomic E-state index is -1.03. The number of carboxylic acids is 1. The van der Waals surface area contributed by atoms with Gasteiger partial charge in [-0.25, -0.2) is 9.99 Å². The minimum Gasteiger partial charge on any atom is -0.481 e. The van der Waals surface area contributed by atoms with Crippen LogP contribution in [0.5, 0.6) is 0 Å². The number of nitrogens with one attached hydrogen (secondary N) is 1. The van der Waals surface area contributed by atoms with Gasteiger partial charge in [0.1, 0.15) is 11.2 Å². The first-order valence-corrected chi connectivity index (χ1v) is 9.43. The van der Waals surface area contributed by atoms with E-state index in [0.717, 1.165) is 16.5 Å². The Balaban J connectivity index is 1.75. The van der Waals surface area contributed by atoms with Gasteiger partial charge < -0.3 is 9.52 Å². The zero-order valence-corrected chi connectivity index (χ0v) is 16.3. The predicted molar refractivity (Wildman–Crippen MR) is 108 cm³/mol. The van der Waals surface area contributed by atoms with E-state index in [2.05, 4.69) is 10.4 Å². The SMILES string of the molecule is Cc1ccc2cc(C3C=C(c4ccco4)NN3C(=O)CCC(=O)O)c(Cl)nc2c1. The van der Waals surface area contributed by atoms with Gasteiger partial charge in [0.25, 0.3) is 0 Å². The van der Waals surface area contributed by atoms with Crippen molar-refractivity contribution in [1.82, 2.24) is 15.4 Å². The number of hydrazine groups is 1. The first kappa shape index (κ1) is 19.0. The topological polar surface area (TPSA) is 95.7 Å². The maximum atomic E-state index is 12.7. The number of carboxylic acid groups (broad SMARTS) is 1. The van der Waals surface area contributed by atoms with Crippen molar-refractivity contribution >= 4 is 40.1 Å². The zero-order chi connectivity index (χ0) is 20.5. The summed E-state index contributed by atoms with van der Waals surface area (Å²) in [4.78, 5) is 28.1. The predicted octanol–water partition coefficient (Wildman–Crippen LogP) is 4.08. The highest BCUT2D eigenvalue weighted by Crippen LogP contribution is 2.36. The fraction of sp³-hybridized carbons (Fsp3) is 0.190. The Hall–Kier alpha value is -3.32. The van der Waals surface area contributed by atoms with Crippen molar-refractivity contribution in [3.63, 3.8) is 0 Å². The van der Waals surface area contributed by atoms with Crippen LogP contribution in [0.15, 0.2) is 53.2 Å². The Morgan fingerprint density at radius 3 is 2.83 bits per heavy atom. The summed E-state index contributed by atoms with van der Waals surface area (Å²) in [5.74, 6) is -0.839. The van der Waals surface area contributed by atoms with Crippen molar-refractivity contribution < 1.29 is 19.1 Å². The fourth-order valence-electron chi connectivity index (χ4n) is 3.30. The molecule has 0 aliphatic carbocycles. The molecule has 2 N–H and O–H groups in total. The number of nitrogens with zero attached hydrogens (tertiary/aromatic N) is 2. The molecule has 8 heteroatoms. The van der Waals surface area contributed by atoms with Crippen LogP contribution in [0.4, 0.5) is 0 Å². The van der Waals surface area contributed by atoms with Crippen molar-refractivity contribution in [2.45, 2.75) is 25.8 Å². The molecule has 3 heterocycles. The first-order valence-electron chi connectivity index (χ1n) is 9.05. The molecule has 0 fully saturated rings. The highest BCUT2D eigenvalue weighted by Gasteiger charge is 2.33. The number of amides is 1. The molecule has 0 bridgehead atoms. The lowest BCUT2D eigenvalue weighted by Gasteiger charge is -2.25. The van der Waals surface area contributed by atoms with Crippen LogP contribution >= 0.6 is 11.6 Å². The maximum Gasteiger partial charge on any atom is 0.303 e. The summed E-state index contributed by atoms with van der Waals surface area (Å²) in [6.45, 7) is 1.98. The summed E-state index contributed by atoms with van der Waals surface area (Å²) in [5, 5.41) is 11.5. The lowest BCUT2D eigenvalue weighted by molar-refractivity contribution is -0.142. The molecule has 148 valence electrons. The summed E-state index contributed by atoms with van der Waals surface area (Å²) in [6.07, 6.45) is 2.95. The van der Waals surface area contributed by atoms with Crippen LogP contribution in [-0.2, 0) is 9.59 Å². The average Bonchev–Trinajstić information content (AvgIpc) is 3.35. The van der Waals surface area contributed by atoms with Crippen LogP contribution in [0, 0.1) is 6.92 Å². The normalized spacial score (nSPS) is 16.0. The highest BCUT2D eigenvalue weighted by atomic mass is 35.5. The number of hydrogen-bond donors (Lipinski definition) is 2. The number of benzene rings is 1. The van der Waals surface area contributed by atoms with E-state index in [4.69, 9.17) is 21.1 Å². The van der Waals surface area contributed by atoms with Crippen LogP contribution < -0.4 is 5.43 Å². The molecular formula is C21H18ClN3O4. The van der Waals surface area contributed by atoms with Crippen molar-refractivity contribution in [3.05, 3.63) is 70.8 Å². The molecule has 1 aliphatic rings. The van der Waals surface area contributed by atoms with Gasteiger partial charge in [0, 0.05) is 17.4 Å². The molecule has 0 radical (unpaired) electrons. The van der Waals surface area contributed by atoms with E-state index in [1.54, 1.807) is 12.1 Å². The van der Waals surface area contributed by atoms with Crippen LogP contribution in [0.1, 0.15) is 35.8 Å². The molecular weight excluding hydrogens is 394 g/mol. The second-order valence-corrected chi connectivity index (χ2v) is 7.19. The summed E-state index contributed by atoms with van der Waals surface area (Å²) in [6, 6.07) is 10.7. The van der Waals surface area contributed by atoms with Gasteiger partial charge in [-0.3, -0.25) is 15.0 Å². The molecule has 2 aromatic heterocycles. The van der Waals surface area contributed by atoms with Gasteiger partial charge in [-0.15, -0.1) is 0 Å². The van der Waals surface area contributed by atoms with Gasteiger partial charge >= 0.3 is 5.97 Å². The summed E-state index contributed by atoms with van der Waals surface area (Å²) < 4.78 is 5.43. The molecule has 29 heavy (non-hydrogen) atoms. The molecule has 1 amide bonds. The van der Waals surface area contributed by atoms with Gasteiger partial charge in [-0.1, -0.05) is 23.7 Å². The van der Waals surface area contributed by atoms with Gasteiger partial charge in [-0.2, -0.15) is 0 Å². The highest BCUT2D eigenvalue weighted by molar-refractivity contribution is 6.30. The Morgan fingerprint density at radius 2 is 2.10 bits per heavy atom. The molecule has 4 rings (SSSR count). The standard InChI is InChI=1S/C21H18ClN3O4/c1-12-4-5-13-10-14(21(22)23-15(13)9-12)17-11-16(18-3-2-8-29-18)24-25(17)19(26)6-7-20(27)28/h2-5,8-11,17,24H,6-7H2,1H3,(H,27,28). The largest absolute Gasteiger partial charge is 0.481 e. The second kappa shape index (κ2) is 7.60. The van der Waals surface area contributed by atoms with Crippen LogP contribution in [0.25, 0.3) is 16.6 Å². The number of aromatic nitrogens is 1. The Bertz CT molecular complexity index is 1120. The summed E-state index contributed by atoms with van der Waals surface area (Å²) in [7, 11) is 0. The maximum absolute atomic E-state index is 12.7. The van der Waals surface area contributed by atoms with E-state index < -0.39 is 12.0 Å². The molecule has 0 saturated carbocycles. The minimum absolute atomic E-state index is 0.143. The van der Waals surface area contributed by atoms with E-state index in [0.29, 0.717) is 17.0 Å². The molecule has 1 atom stereocenters.